The first-order valence-electron chi connectivity index (χ1n) is 11.7. The standard InChI is InChI=1S/C27H42O3Si/c1-21(2)25(28)18-13-19-26(29)22(3)20-30-31(27(4,5)6,23-14-9-7-10-15-23)24-16-11-8-12-17-24/h7-12,14-17,21-22,25-26,28-29H,13,18-20H2,1-6H3/t22-,25-,26+/m0/s1. The van der Waals surface area contributed by atoms with Crippen molar-refractivity contribution in [3.8, 4) is 0 Å². The molecule has 0 fully saturated rings. The molecule has 0 aliphatic rings. The summed E-state index contributed by atoms with van der Waals surface area (Å²) in [6.07, 6.45) is 1.52. The van der Waals surface area contributed by atoms with Gasteiger partial charge in [-0.25, -0.2) is 0 Å². The Morgan fingerprint density at radius 2 is 1.23 bits per heavy atom. The predicted molar refractivity (Wildman–Crippen MR) is 133 cm³/mol. The number of hydrogen-bond acceptors (Lipinski definition) is 3. The summed E-state index contributed by atoms with van der Waals surface area (Å²) in [6.45, 7) is 13.5. The van der Waals surface area contributed by atoms with Crippen molar-refractivity contribution in [2.24, 2.45) is 11.8 Å². The molecule has 3 nitrogen and oxygen atoms in total. The number of aliphatic hydroxyl groups is 2. The van der Waals surface area contributed by atoms with E-state index in [9.17, 15) is 10.2 Å². The lowest BCUT2D eigenvalue weighted by Crippen LogP contribution is -2.67. The van der Waals surface area contributed by atoms with Crippen LogP contribution in [0.15, 0.2) is 60.7 Å². The zero-order valence-electron chi connectivity index (χ0n) is 20.2. The van der Waals surface area contributed by atoms with E-state index < -0.39 is 14.4 Å². The quantitative estimate of drug-likeness (QED) is 0.494. The average molecular weight is 443 g/mol. The molecule has 31 heavy (non-hydrogen) atoms. The molecule has 0 saturated carbocycles. The first kappa shape index (κ1) is 25.8. The van der Waals surface area contributed by atoms with Gasteiger partial charge in [0.1, 0.15) is 0 Å². The zero-order valence-corrected chi connectivity index (χ0v) is 21.2. The van der Waals surface area contributed by atoms with Crippen molar-refractivity contribution >= 4 is 18.7 Å². The van der Waals surface area contributed by atoms with Crippen molar-refractivity contribution in [3.05, 3.63) is 60.7 Å². The molecule has 2 N–H and O–H groups in total. The van der Waals surface area contributed by atoms with Crippen molar-refractivity contribution in [1.82, 2.24) is 0 Å². The van der Waals surface area contributed by atoms with Gasteiger partial charge in [-0.3, -0.25) is 0 Å². The smallest absolute Gasteiger partial charge is 0.261 e. The summed E-state index contributed by atoms with van der Waals surface area (Å²) < 4.78 is 6.94. The summed E-state index contributed by atoms with van der Waals surface area (Å²) in [5.74, 6) is 0.283. The highest BCUT2D eigenvalue weighted by atomic mass is 28.4. The van der Waals surface area contributed by atoms with E-state index in [2.05, 4.69) is 76.2 Å². The number of rotatable bonds is 11. The molecule has 0 spiro atoms. The third-order valence-corrected chi connectivity index (χ3v) is 11.4. The minimum absolute atomic E-state index is 0.0258. The van der Waals surface area contributed by atoms with Gasteiger partial charge < -0.3 is 14.6 Å². The molecule has 0 saturated heterocycles. The van der Waals surface area contributed by atoms with Gasteiger partial charge in [-0.15, -0.1) is 0 Å². The van der Waals surface area contributed by atoms with E-state index in [4.69, 9.17) is 4.43 Å². The lowest BCUT2D eigenvalue weighted by atomic mass is 9.96. The van der Waals surface area contributed by atoms with Crippen molar-refractivity contribution in [1.29, 1.82) is 0 Å². The van der Waals surface area contributed by atoms with Crippen molar-refractivity contribution in [2.45, 2.75) is 78.1 Å². The monoisotopic (exact) mass is 442 g/mol. The molecule has 172 valence electrons. The van der Waals surface area contributed by atoms with Gasteiger partial charge in [-0.2, -0.15) is 0 Å². The fourth-order valence-electron chi connectivity index (χ4n) is 4.28. The minimum atomic E-state index is -2.57. The third kappa shape index (κ3) is 6.52. The van der Waals surface area contributed by atoms with Gasteiger partial charge in [0.05, 0.1) is 12.2 Å². The van der Waals surface area contributed by atoms with Crippen LogP contribution in [0.4, 0.5) is 0 Å². The zero-order chi connectivity index (χ0) is 23.1. The Morgan fingerprint density at radius 3 is 1.65 bits per heavy atom. The van der Waals surface area contributed by atoms with Crippen LogP contribution in [0.1, 0.15) is 60.8 Å². The maximum absolute atomic E-state index is 10.8. The summed E-state index contributed by atoms with van der Waals surface area (Å²) in [6, 6.07) is 21.2. The Bertz CT molecular complexity index is 716. The molecule has 0 bridgehead atoms. The Morgan fingerprint density at radius 1 is 0.774 bits per heavy atom. The van der Waals surface area contributed by atoms with Crippen LogP contribution in [0.3, 0.4) is 0 Å². The lowest BCUT2D eigenvalue weighted by Gasteiger charge is -2.43. The van der Waals surface area contributed by atoms with E-state index >= 15 is 0 Å². The Labute approximate surface area is 190 Å². The van der Waals surface area contributed by atoms with Crippen molar-refractivity contribution in [2.75, 3.05) is 6.61 Å². The molecule has 0 aliphatic carbocycles. The summed E-state index contributed by atoms with van der Waals surface area (Å²) >= 11 is 0. The Balaban J connectivity index is 2.21. The van der Waals surface area contributed by atoms with E-state index in [1.54, 1.807) is 0 Å². The summed E-state index contributed by atoms with van der Waals surface area (Å²) in [4.78, 5) is 0. The lowest BCUT2D eigenvalue weighted by molar-refractivity contribution is 0.0629. The third-order valence-electron chi connectivity index (χ3n) is 6.41. The molecular formula is C27H42O3Si. The van der Waals surface area contributed by atoms with Gasteiger partial charge in [0.15, 0.2) is 0 Å². The summed E-state index contributed by atoms with van der Waals surface area (Å²) in [7, 11) is -2.57. The maximum atomic E-state index is 10.8. The predicted octanol–water partition coefficient (Wildman–Crippen LogP) is 4.75. The number of hydrogen-bond donors (Lipinski definition) is 2. The molecular weight excluding hydrogens is 400 g/mol. The second-order valence-electron chi connectivity index (χ2n) is 10.3. The van der Waals surface area contributed by atoms with Crippen LogP contribution in [-0.2, 0) is 4.43 Å². The van der Waals surface area contributed by atoms with E-state index in [-0.39, 0.29) is 23.0 Å². The van der Waals surface area contributed by atoms with E-state index in [0.29, 0.717) is 13.0 Å². The first-order chi connectivity index (χ1) is 14.6. The molecule has 2 aromatic carbocycles. The van der Waals surface area contributed by atoms with Crippen LogP contribution in [0.2, 0.25) is 5.04 Å². The van der Waals surface area contributed by atoms with Crippen molar-refractivity contribution in [3.63, 3.8) is 0 Å². The van der Waals surface area contributed by atoms with Crippen LogP contribution in [0.5, 0.6) is 0 Å². The fraction of sp³-hybridized carbons (Fsp3) is 0.556. The van der Waals surface area contributed by atoms with Crippen LogP contribution in [0.25, 0.3) is 0 Å². The second-order valence-corrected chi connectivity index (χ2v) is 14.6. The topological polar surface area (TPSA) is 49.7 Å². The first-order valence-corrected chi connectivity index (χ1v) is 13.6. The molecule has 0 heterocycles. The van der Waals surface area contributed by atoms with Crippen LogP contribution < -0.4 is 10.4 Å². The van der Waals surface area contributed by atoms with E-state index in [1.165, 1.54) is 10.4 Å². The van der Waals surface area contributed by atoms with E-state index in [1.807, 2.05) is 26.0 Å². The normalized spacial score (nSPS) is 15.6. The fourth-order valence-corrected chi connectivity index (χ4v) is 8.95. The van der Waals surface area contributed by atoms with Gasteiger partial charge >= 0.3 is 0 Å². The molecule has 3 atom stereocenters. The van der Waals surface area contributed by atoms with Crippen molar-refractivity contribution < 1.29 is 14.6 Å². The van der Waals surface area contributed by atoms with Gasteiger partial charge in [0.25, 0.3) is 8.32 Å². The molecule has 0 unspecified atom stereocenters. The molecule has 0 amide bonds. The van der Waals surface area contributed by atoms with Crippen LogP contribution >= 0.6 is 0 Å². The highest BCUT2D eigenvalue weighted by molar-refractivity contribution is 6.99. The van der Waals surface area contributed by atoms with Gasteiger partial charge in [0, 0.05) is 12.5 Å². The minimum Gasteiger partial charge on any atom is -0.407 e. The van der Waals surface area contributed by atoms with Gasteiger partial charge in [0.2, 0.25) is 0 Å². The highest BCUT2D eigenvalue weighted by Crippen LogP contribution is 2.37. The number of benzene rings is 2. The van der Waals surface area contributed by atoms with Crippen LogP contribution in [-0.4, -0.2) is 37.3 Å². The molecule has 0 radical (unpaired) electrons. The highest BCUT2D eigenvalue weighted by Gasteiger charge is 2.50. The molecule has 2 aromatic rings. The van der Waals surface area contributed by atoms with Gasteiger partial charge in [-0.1, -0.05) is 102 Å². The molecule has 0 aromatic heterocycles. The molecule has 0 aliphatic heterocycles. The van der Waals surface area contributed by atoms with Gasteiger partial charge in [-0.05, 0) is 40.6 Å². The SMILES string of the molecule is CC(C)[C@@H](O)CCC[C@@H](O)[C@@H](C)CO[Si](c1ccccc1)(c1ccccc1)C(C)(C)C. The number of aliphatic hydroxyl groups excluding tert-OH is 2. The summed E-state index contributed by atoms with van der Waals surface area (Å²) in [5, 5.41) is 23.2. The van der Waals surface area contributed by atoms with E-state index in [0.717, 1.165) is 12.8 Å². The Hall–Kier alpha value is -1.46. The second kappa shape index (κ2) is 11.4. The Kier molecular flexibility index (Phi) is 9.50. The molecule has 4 heteroatoms. The largest absolute Gasteiger partial charge is 0.407 e. The molecule has 2 rings (SSSR count). The maximum Gasteiger partial charge on any atom is 0.261 e. The summed E-state index contributed by atoms with van der Waals surface area (Å²) in [5.41, 5.74) is 0. The van der Waals surface area contributed by atoms with Crippen LogP contribution in [0, 0.1) is 11.8 Å². The average Bonchev–Trinajstić information content (AvgIpc) is 2.74.